The van der Waals surface area contributed by atoms with E-state index < -0.39 is 0 Å². The van der Waals surface area contributed by atoms with Crippen LogP contribution in [0.4, 0.5) is 0 Å². The number of likely N-dealkylation sites (N-methyl/N-ethyl adjacent to an activating group) is 1. The van der Waals surface area contributed by atoms with Crippen LogP contribution in [0, 0.1) is 22.7 Å². The molecule has 1 atom stereocenters. The fourth-order valence-corrected chi connectivity index (χ4v) is 2.98. The number of hydrogen-bond donors (Lipinski definition) is 0. The van der Waals surface area contributed by atoms with Crippen molar-refractivity contribution in [3.8, 4) is 6.07 Å². The van der Waals surface area contributed by atoms with Crippen LogP contribution < -0.4 is 0 Å². The van der Waals surface area contributed by atoms with Crippen LogP contribution in [0.1, 0.15) is 40.5 Å². The molecule has 0 N–H and O–H groups in total. The molecule has 1 heterocycles. The van der Waals surface area contributed by atoms with Gasteiger partial charge in [0.05, 0.1) is 12.5 Å². The molecule has 0 bridgehead atoms. The second-order valence-electron chi connectivity index (χ2n) is 7.03. The summed E-state index contributed by atoms with van der Waals surface area (Å²) in [6, 6.07) is 2.77. The maximum absolute atomic E-state index is 9.03. The van der Waals surface area contributed by atoms with Gasteiger partial charge in [0.25, 0.3) is 0 Å². The Bertz CT molecular complexity index is 291. The van der Waals surface area contributed by atoms with E-state index in [2.05, 4.69) is 50.6 Å². The number of nitriles is 1. The van der Waals surface area contributed by atoms with Gasteiger partial charge in [-0.25, -0.2) is 0 Å². The van der Waals surface area contributed by atoms with E-state index in [0.717, 1.165) is 32.1 Å². The van der Waals surface area contributed by atoms with Crippen molar-refractivity contribution in [3.63, 3.8) is 0 Å². The van der Waals surface area contributed by atoms with Gasteiger partial charge in [-0.1, -0.05) is 27.7 Å². The van der Waals surface area contributed by atoms with Crippen molar-refractivity contribution >= 4 is 0 Å². The summed E-state index contributed by atoms with van der Waals surface area (Å²) in [5.74, 6) is 0.733. The standard InChI is InChI=1S/C15H29N3/c1-13(2)7-9-18-12-15(3,4)11-17(5)10-14(18)6-8-16/h13-14H,6-7,9-12H2,1-5H3. The molecule has 0 spiro atoms. The first-order valence-corrected chi connectivity index (χ1v) is 7.13. The Morgan fingerprint density at radius 1 is 1.33 bits per heavy atom. The molecule has 104 valence electrons. The molecule has 0 aromatic heterocycles. The van der Waals surface area contributed by atoms with E-state index in [1.165, 1.54) is 6.42 Å². The van der Waals surface area contributed by atoms with Crippen molar-refractivity contribution in [2.45, 2.75) is 46.6 Å². The van der Waals surface area contributed by atoms with E-state index in [1.807, 2.05) is 0 Å². The summed E-state index contributed by atoms with van der Waals surface area (Å²) in [7, 11) is 2.18. The summed E-state index contributed by atoms with van der Waals surface area (Å²) in [5, 5.41) is 9.03. The fraction of sp³-hybridized carbons (Fsp3) is 0.933. The molecule has 18 heavy (non-hydrogen) atoms. The first-order valence-electron chi connectivity index (χ1n) is 7.13. The first-order chi connectivity index (χ1) is 8.34. The Kier molecular flexibility index (Phi) is 5.62. The minimum Gasteiger partial charge on any atom is -0.304 e. The highest BCUT2D eigenvalue weighted by Crippen LogP contribution is 2.25. The molecule has 1 rings (SSSR count). The smallest absolute Gasteiger partial charge is 0.0638 e. The van der Waals surface area contributed by atoms with Crippen LogP contribution in [0.15, 0.2) is 0 Å². The van der Waals surface area contributed by atoms with Crippen molar-refractivity contribution < 1.29 is 0 Å². The van der Waals surface area contributed by atoms with Gasteiger partial charge in [0, 0.05) is 25.7 Å². The van der Waals surface area contributed by atoms with Crippen molar-refractivity contribution in [1.29, 1.82) is 5.26 Å². The van der Waals surface area contributed by atoms with E-state index in [9.17, 15) is 0 Å². The van der Waals surface area contributed by atoms with Crippen molar-refractivity contribution in [1.82, 2.24) is 9.80 Å². The molecule has 0 saturated carbocycles. The third-order valence-corrected chi connectivity index (χ3v) is 3.69. The monoisotopic (exact) mass is 251 g/mol. The first kappa shape index (κ1) is 15.5. The summed E-state index contributed by atoms with van der Waals surface area (Å²) in [6.45, 7) is 13.6. The SMILES string of the molecule is CC(C)CCN1CC(C)(C)CN(C)CC1CC#N. The van der Waals surface area contributed by atoms with Gasteiger partial charge in [0.1, 0.15) is 0 Å². The molecule has 3 nitrogen and oxygen atoms in total. The van der Waals surface area contributed by atoms with Crippen LogP contribution in [0.5, 0.6) is 0 Å². The molecule has 0 aliphatic carbocycles. The Morgan fingerprint density at radius 2 is 2.00 bits per heavy atom. The molecule has 1 aliphatic rings. The average Bonchev–Trinajstić information content (AvgIpc) is 2.32. The molecule has 1 aliphatic heterocycles. The summed E-state index contributed by atoms with van der Waals surface area (Å²) >= 11 is 0. The third kappa shape index (κ3) is 4.96. The van der Waals surface area contributed by atoms with Gasteiger partial charge in [-0.05, 0) is 31.3 Å². The summed E-state index contributed by atoms with van der Waals surface area (Å²) in [6.07, 6.45) is 1.88. The number of hydrogen-bond acceptors (Lipinski definition) is 3. The van der Waals surface area contributed by atoms with E-state index >= 15 is 0 Å². The minimum atomic E-state index is 0.315. The lowest BCUT2D eigenvalue weighted by molar-refractivity contribution is 0.151. The van der Waals surface area contributed by atoms with Crippen LogP contribution in [0.25, 0.3) is 0 Å². The van der Waals surface area contributed by atoms with Crippen LogP contribution >= 0.6 is 0 Å². The lowest BCUT2D eigenvalue weighted by Crippen LogP contribution is -2.42. The largest absolute Gasteiger partial charge is 0.304 e. The maximum Gasteiger partial charge on any atom is 0.0638 e. The van der Waals surface area contributed by atoms with E-state index in [1.54, 1.807) is 0 Å². The van der Waals surface area contributed by atoms with Crippen LogP contribution in [-0.4, -0.2) is 49.1 Å². The molecule has 1 fully saturated rings. The third-order valence-electron chi connectivity index (χ3n) is 3.69. The Labute approximate surface area is 113 Å². The highest BCUT2D eigenvalue weighted by molar-refractivity contribution is 4.91. The van der Waals surface area contributed by atoms with Crippen molar-refractivity contribution in [2.24, 2.45) is 11.3 Å². The molecular formula is C15H29N3. The van der Waals surface area contributed by atoms with Gasteiger partial charge in [0.2, 0.25) is 0 Å². The molecule has 0 aromatic rings. The molecule has 0 radical (unpaired) electrons. The maximum atomic E-state index is 9.03. The fourth-order valence-electron chi connectivity index (χ4n) is 2.98. The normalized spacial score (nSPS) is 25.9. The average molecular weight is 251 g/mol. The lowest BCUT2D eigenvalue weighted by atomic mass is 9.92. The van der Waals surface area contributed by atoms with Gasteiger partial charge >= 0.3 is 0 Å². The quantitative estimate of drug-likeness (QED) is 0.769. The number of rotatable bonds is 4. The van der Waals surface area contributed by atoms with Gasteiger partial charge in [-0.3, -0.25) is 4.90 Å². The molecular weight excluding hydrogens is 222 g/mol. The summed E-state index contributed by atoms with van der Waals surface area (Å²) in [4.78, 5) is 4.93. The second kappa shape index (κ2) is 6.54. The summed E-state index contributed by atoms with van der Waals surface area (Å²) < 4.78 is 0. The van der Waals surface area contributed by atoms with E-state index in [0.29, 0.717) is 17.9 Å². The highest BCUT2D eigenvalue weighted by Gasteiger charge is 2.32. The van der Waals surface area contributed by atoms with Gasteiger partial charge in [-0.15, -0.1) is 0 Å². The summed E-state index contributed by atoms with van der Waals surface area (Å²) in [5.41, 5.74) is 0.315. The van der Waals surface area contributed by atoms with Gasteiger partial charge < -0.3 is 4.90 Å². The topological polar surface area (TPSA) is 30.3 Å². The molecule has 3 heteroatoms. The van der Waals surface area contributed by atoms with Crippen molar-refractivity contribution in [2.75, 3.05) is 33.2 Å². The van der Waals surface area contributed by atoms with Gasteiger partial charge in [0.15, 0.2) is 0 Å². The highest BCUT2D eigenvalue weighted by atomic mass is 15.2. The zero-order valence-corrected chi connectivity index (χ0v) is 12.7. The molecule has 1 saturated heterocycles. The zero-order chi connectivity index (χ0) is 13.8. The lowest BCUT2D eigenvalue weighted by Gasteiger charge is -2.33. The van der Waals surface area contributed by atoms with E-state index in [-0.39, 0.29) is 0 Å². The second-order valence-corrected chi connectivity index (χ2v) is 7.03. The van der Waals surface area contributed by atoms with Crippen molar-refractivity contribution in [3.05, 3.63) is 0 Å². The van der Waals surface area contributed by atoms with Gasteiger partial charge in [-0.2, -0.15) is 5.26 Å². The predicted molar refractivity (Wildman–Crippen MR) is 76.3 cm³/mol. The molecule has 1 unspecified atom stereocenters. The predicted octanol–water partition coefficient (Wildman–Crippen LogP) is 2.59. The molecule has 0 amide bonds. The van der Waals surface area contributed by atoms with Crippen LogP contribution in [-0.2, 0) is 0 Å². The Morgan fingerprint density at radius 3 is 2.56 bits per heavy atom. The van der Waals surface area contributed by atoms with Crippen LogP contribution in [0.3, 0.4) is 0 Å². The minimum absolute atomic E-state index is 0.315. The molecule has 0 aromatic carbocycles. The van der Waals surface area contributed by atoms with E-state index in [4.69, 9.17) is 5.26 Å². The number of nitrogens with zero attached hydrogens (tertiary/aromatic N) is 3. The zero-order valence-electron chi connectivity index (χ0n) is 12.7. The van der Waals surface area contributed by atoms with Crippen LogP contribution in [0.2, 0.25) is 0 Å². The Hall–Kier alpha value is -0.590. The Balaban J connectivity index is 2.74.